The van der Waals surface area contributed by atoms with Gasteiger partial charge in [0.05, 0.1) is 27.3 Å². The maximum absolute atomic E-state index is 13.5. The Morgan fingerprint density at radius 3 is 2.40 bits per heavy atom. The molecule has 35 heavy (non-hydrogen) atoms. The summed E-state index contributed by atoms with van der Waals surface area (Å²) >= 11 is 1.32. The van der Waals surface area contributed by atoms with E-state index in [2.05, 4.69) is 10.2 Å². The van der Waals surface area contributed by atoms with Gasteiger partial charge in [-0.15, -0.1) is 10.2 Å². The van der Waals surface area contributed by atoms with E-state index >= 15 is 0 Å². The first-order valence-electron chi connectivity index (χ1n) is 10.7. The standard InChI is InChI=1S/C25H19N5O4S/c1-15-6-5-7-16(2)22(15)29-24(31)19-8-3-4-9-20(19)26-25(29)35-14-21-27-28-23(34-21)17-10-12-18(13-11-17)30(32)33/h3-13H,14H2,1-2H3. The molecule has 0 unspecified atom stereocenters. The Hall–Kier alpha value is -4.31. The number of fused-ring (bicyclic) bond motifs is 1. The van der Waals surface area contributed by atoms with Crippen molar-refractivity contribution in [3.05, 3.63) is 104 Å². The predicted octanol–water partition coefficient (Wildman–Crippen LogP) is 5.25. The molecule has 0 aliphatic carbocycles. The second-order valence-corrected chi connectivity index (χ2v) is 8.83. The molecule has 9 nitrogen and oxygen atoms in total. The number of nitrogens with zero attached hydrogens (tertiary/aromatic N) is 5. The normalized spacial score (nSPS) is 11.1. The van der Waals surface area contributed by atoms with Gasteiger partial charge in [0.2, 0.25) is 11.8 Å². The van der Waals surface area contributed by atoms with Crippen molar-refractivity contribution in [1.29, 1.82) is 0 Å². The van der Waals surface area contributed by atoms with Crippen LogP contribution in [0.2, 0.25) is 0 Å². The average Bonchev–Trinajstić information content (AvgIpc) is 3.33. The van der Waals surface area contributed by atoms with Gasteiger partial charge in [-0.2, -0.15) is 0 Å². The topological polar surface area (TPSA) is 117 Å². The number of thioether (sulfide) groups is 1. The molecule has 0 fully saturated rings. The molecule has 5 aromatic rings. The Labute approximate surface area is 203 Å². The lowest BCUT2D eigenvalue weighted by Gasteiger charge is -2.16. The summed E-state index contributed by atoms with van der Waals surface area (Å²) in [6, 6.07) is 19.0. The van der Waals surface area contributed by atoms with Crippen molar-refractivity contribution < 1.29 is 9.34 Å². The zero-order valence-corrected chi connectivity index (χ0v) is 19.7. The minimum atomic E-state index is -0.466. The molecule has 0 bridgehead atoms. The van der Waals surface area contributed by atoms with Gasteiger partial charge in [0.15, 0.2) is 5.16 Å². The summed E-state index contributed by atoms with van der Waals surface area (Å²) in [5.41, 5.74) is 3.75. The fourth-order valence-corrected chi connectivity index (χ4v) is 4.68. The monoisotopic (exact) mass is 485 g/mol. The van der Waals surface area contributed by atoms with E-state index < -0.39 is 4.92 Å². The number of hydrogen-bond donors (Lipinski definition) is 0. The summed E-state index contributed by atoms with van der Waals surface area (Å²) < 4.78 is 7.42. The molecular weight excluding hydrogens is 466 g/mol. The van der Waals surface area contributed by atoms with Gasteiger partial charge in [0.25, 0.3) is 11.2 Å². The van der Waals surface area contributed by atoms with Crippen molar-refractivity contribution >= 4 is 28.4 Å². The van der Waals surface area contributed by atoms with E-state index in [1.807, 2.05) is 50.2 Å². The summed E-state index contributed by atoms with van der Waals surface area (Å²) in [6.45, 7) is 3.93. The van der Waals surface area contributed by atoms with E-state index in [-0.39, 0.29) is 22.9 Å². The highest BCUT2D eigenvalue weighted by Crippen LogP contribution is 2.28. The number of aryl methyl sites for hydroxylation is 2. The summed E-state index contributed by atoms with van der Waals surface area (Å²) in [6.07, 6.45) is 0. The fraction of sp³-hybridized carbons (Fsp3) is 0.120. The highest BCUT2D eigenvalue weighted by molar-refractivity contribution is 7.98. The molecule has 0 atom stereocenters. The van der Waals surface area contributed by atoms with Crippen LogP contribution in [0.25, 0.3) is 28.0 Å². The number of aromatic nitrogens is 4. The third-order valence-corrected chi connectivity index (χ3v) is 6.45. The first-order chi connectivity index (χ1) is 16.9. The van der Waals surface area contributed by atoms with Gasteiger partial charge in [0, 0.05) is 17.7 Å². The first-order valence-corrected chi connectivity index (χ1v) is 11.7. The number of benzene rings is 3. The summed E-state index contributed by atoms with van der Waals surface area (Å²) in [5, 5.41) is 20.1. The lowest BCUT2D eigenvalue weighted by atomic mass is 10.1. The SMILES string of the molecule is Cc1cccc(C)c1-n1c(SCc2nnc(-c3ccc([N+](=O)[O-])cc3)o2)nc2ccccc2c1=O. The number of hydrogen-bond acceptors (Lipinski definition) is 8. The molecule has 10 heteroatoms. The van der Waals surface area contributed by atoms with Gasteiger partial charge < -0.3 is 4.42 Å². The number of rotatable bonds is 6. The molecule has 0 saturated heterocycles. The molecular formula is C25H19N5O4S. The van der Waals surface area contributed by atoms with Crippen LogP contribution in [0, 0.1) is 24.0 Å². The second-order valence-electron chi connectivity index (χ2n) is 7.89. The van der Waals surface area contributed by atoms with Crippen molar-refractivity contribution in [3.8, 4) is 17.1 Å². The zero-order chi connectivity index (χ0) is 24.5. The summed E-state index contributed by atoms with van der Waals surface area (Å²) in [5.74, 6) is 0.892. The molecule has 0 aliphatic heterocycles. The molecule has 0 N–H and O–H groups in total. The van der Waals surface area contributed by atoms with Gasteiger partial charge in [-0.05, 0) is 49.2 Å². The van der Waals surface area contributed by atoms with Gasteiger partial charge in [-0.1, -0.05) is 42.1 Å². The van der Waals surface area contributed by atoms with Crippen LogP contribution in [-0.2, 0) is 5.75 Å². The van der Waals surface area contributed by atoms with E-state index in [9.17, 15) is 14.9 Å². The smallest absolute Gasteiger partial charge is 0.269 e. The van der Waals surface area contributed by atoms with Crippen LogP contribution in [0.5, 0.6) is 0 Å². The van der Waals surface area contributed by atoms with Crippen LogP contribution in [0.3, 0.4) is 0 Å². The van der Waals surface area contributed by atoms with Crippen molar-refractivity contribution in [1.82, 2.24) is 19.7 Å². The van der Waals surface area contributed by atoms with Crippen LogP contribution >= 0.6 is 11.8 Å². The maximum atomic E-state index is 13.5. The van der Waals surface area contributed by atoms with E-state index in [0.717, 1.165) is 16.8 Å². The molecule has 2 aromatic heterocycles. The third kappa shape index (κ3) is 4.31. The summed E-state index contributed by atoms with van der Waals surface area (Å²) in [4.78, 5) is 28.7. The largest absolute Gasteiger partial charge is 0.420 e. The van der Waals surface area contributed by atoms with Gasteiger partial charge in [-0.25, -0.2) is 4.98 Å². The first kappa shape index (κ1) is 22.5. The molecule has 0 aliphatic rings. The minimum absolute atomic E-state index is 0.0177. The zero-order valence-electron chi connectivity index (χ0n) is 18.8. The average molecular weight is 486 g/mol. The number of non-ortho nitro benzene ring substituents is 1. The minimum Gasteiger partial charge on any atom is -0.420 e. The third-order valence-electron chi connectivity index (χ3n) is 5.52. The van der Waals surface area contributed by atoms with Crippen molar-refractivity contribution in [2.75, 3.05) is 0 Å². The predicted molar refractivity (Wildman–Crippen MR) is 133 cm³/mol. The Balaban J connectivity index is 1.50. The molecule has 0 spiro atoms. The molecule has 2 heterocycles. The maximum Gasteiger partial charge on any atom is 0.269 e. The molecule has 5 rings (SSSR count). The lowest BCUT2D eigenvalue weighted by molar-refractivity contribution is -0.384. The Kier molecular flexibility index (Phi) is 5.87. The summed E-state index contributed by atoms with van der Waals surface area (Å²) in [7, 11) is 0. The van der Waals surface area contributed by atoms with Crippen molar-refractivity contribution in [3.63, 3.8) is 0 Å². The number of nitro groups is 1. The van der Waals surface area contributed by atoms with Crippen LogP contribution in [0.15, 0.2) is 81.1 Å². The molecule has 0 saturated carbocycles. The van der Waals surface area contributed by atoms with Crippen molar-refractivity contribution in [2.45, 2.75) is 24.8 Å². The Bertz CT molecular complexity index is 1610. The highest BCUT2D eigenvalue weighted by atomic mass is 32.2. The van der Waals surface area contributed by atoms with Crippen LogP contribution in [0.4, 0.5) is 5.69 Å². The van der Waals surface area contributed by atoms with E-state index in [0.29, 0.717) is 27.5 Å². The van der Waals surface area contributed by atoms with Crippen LogP contribution in [-0.4, -0.2) is 24.7 Å². The molecule has 0 amide bonds. The van der Waals surface area contributed by atoms with Crippen LogP contribution < -0.4 is 5.56 Å². The van der Waals surface area contributed by atoms with E-state index in [4.69, 9.17) is 9.40 Å². The Morgan fingerprint density at radius 1 is 0.971 bits per heavy atom. The molecule has 3 aromatic carbocycles. The number of nitro benzene ring substituents is 1. The van der Waals surface area contributed by atoms with E-state index in [1.54, 1.807) is 22.8 Å². The molecule has 174 valence electrons. The highest BCUT2D eigenvalue weighted by Gasteiger charge is 2.18. The van der Waals surface area contributed by atoms with Crippen molar-refractivity contribution in [2.24, 2.45) is 0 Å². The van der Waals surface area contributed by atoms with Gasteiger partial charge in [0.1, 0.15) is 0 Å². The van der Waals surface area contributed by atoms with Crippen LogP contribution in [0.1, 0.15) is 17.0 Å². The lowest BCUT2D eigenvalue weighted by Crippen LogP contribution is -2.23. The molecule has 0 radical (unpaired) electrons. The number of para-hydroxylation sites is 2. The van der Waals surface area contributed by atoms with Gasteiger partial charge in [-0.3, -0.25) is 19.5 Å². The quantitative estimate of drug-likeness (QED) is 0.138. The second kappa shape index (κ2) is 9.15. The van der Waals surface area contributed by atoms with Gasteiger partial charge >= 0.3 is 0 Å². The Morgan fingerprint density at radius 2 is 1.69 bits per heavy atom. The van der Waals surface area contributed by atoms with E-state index in [1.165, 1.54) is 23.9 Å². The fourth-order valence-electron chi connectivity index (χ4n) is 3.85.